The predicted molar refractivity (Wildman–Crippen MR) is 164 cm³/mol. The number of benzene rings is 3. The summed E-state index contributed by atoms with van der Waals surface area (Å²) in [4.78, 5) is 45.7. The number of ether oxygens (including phenoxy) is 4. The Morgan fingerprint density at radius 1 is 0.977 bits per heavy atom. The van der Waals surface area contributed by atoms with E-state index >= 15 is 0 Å². The molecule has 1 aromatic heterocycles. The fourth-order valence-corrected chi connectivity index (χ4v) is 5.83. The Balaban J connectivity index is 1.59. The fraction of sp³-hybridized carbons (Fsp3) is 0.212. The number of nitrogens with zero attached hydrogens (tertiary/aromatic N) is 2. The number of hydrogen-bond acceptors (Lipinski definition) is 10. The van der Waals surface area contributed by atoms with E-state index in [9.17, 15) is 19.5 Å². The Bertz CT molecular complexity index is 1730. The van der Waals surface area contributed by atoms with Crippen molar-refractivity contribution in [1.29, 1.82) is 0 Å². The van der Waals surface area contributed by atoms with Crippen LogP contribution in [-0.2, 0) is 20.9 Å². The maximum Gasteiger partial charge on any atom is 0.350 e. The summed E-state index contributed by atoms with van der Waals surface area (Å²) in [5.41, 5.74) is 1.88. The van der Waals surface area contributed by atoms with Gasteiger partial charge in [-0.25, -0.2) is 9.78 Å². The molecule has 1 saturated heterocycles. The number of aromatic nitrogens is 1. The molecule has 0 radical (unpaired) electrons. The van der Waals surface area contributed by atoms with Crippen LogP contribution in [0.3, 0.4) is 0 Å². The molecule has 10 nitrogen and oxygen atoms in total. The molecule has 11 heteroatoms. The summed E-state index contributed by atoms with van der Waals surface area (Å²) in [5.74, 6) is -1.44. The van der Waals surface area contributed by atoms with Gasteiger partial charge in [-0.05, 0) is 55.8 Å². The quantitative estimate of drug-likeness (QED) is 0.101. The van der Waals surface area contributed by atoms with Gasteiger partial charge in [-0.2, -0.15) is 0 Å². The third kappa shape index (κ3) is 5.86. The number of anilines is 1. The van der Waals surface area contributed by atoms with Gasteiger partial charge in [0.2, 0.25) is 0 Å². The van der Waals surface area contributed by atoms with Crippen LogP contribution in [0, 0.1) is 6.92 Å². The number of aryl methyl sites for hydroxylation is 1. The van der Waals surface area contributed by atoms with Crippen LogP contribution in [0.5, 0.6) is 17.2 Å². The van der Waals surface area contributed by atoms with Gasteiger partial charge < -0.3 is 24.1 Å². The molecular formula is C33H30N2O8S. The lowest BCUT2D eigenvalue weighted by Gasteiger charge is -2.24. The van der Waals surface area contributed by atoms with Gasteiger partial charge in [-0.1, -0.05) is 41.7 Å². The first-order valence-electron chi connectivity index (χ1n) is 13.7. The number of thiazole rings is 1. The van der Waals surface area contributed by atoms with Gasteiger partial charge in [-0.3, -0.25) is 14.5 Å². The van der Waals surface area contributed by atoms with E-state index in [4.69, 9.17) is 18.9 Å². The van der Waals surface area contributed by atoms with Crippen molar-refractivity contribution in [2.75, 3.05) is 25.7 Å². The molecule has 0 saturated carbocycles. The van der Waals surface area contributed by atoms with Crippen LogP contribution in [0.25, 0.3) is 5.76 Å². The van der Waals surface area contributed by atoms with E-state index in [1.165, 1.54) is 19.1 Å². The molecule has 1 unspecified atom stereocenters. The average Bonchev–Trinajstić information content (AvgIpc) is 3.56. The zero-order valence-electron chi connectivity index (χ0n) is 24.5. The number of rotatable bonds is 10. The van der Waals surface area contributed by atoms with Crippen molar-refractivity contribution >= 4 is 39.9 Å². The van der Waals surface area contributed by atoms with Crippen LogP contribution < -0.4 is 19.1 Å². The summed E-state index contributed by atoms with van der Waals surface area (Å²) in [6, 6.07) is 20.0. The Morgan fingerprint density at radius 3 is 2.34 bits per heavy atom. The van der Waals surface area contributed by atoms with Crippen molar-refractivity contribution in [2.45, 2.75) is 26.5 Å². The van der Waals surface area contributed by atoms with Gasteiger partial charge in [0.25, 0.3) is 5.78 Å². The Labute approximate surface area is 258 Å². The van der Waals surface area contributed by atoms with E-state index in [1.807, 2.05) is 30.3 Å². The number of methoxy groups -OCH3 is 2. The van der Waals surface area contributed by atoms with Gasteiger partial charge in [0.05, 0.1) is 32.1 Å². The number of ketones is 1. The lowest BCUT2D eigenvalue weighted by Crippen LogP contribution is -2.29. The lowest BCUT2D eigenvalue weighted by molar-refractivity contribution is -0.132. The van der Waals surface area contributed by atoms with Crippen LogP contribution in [0.1, 0.15) is 45.0 Å². The van der Waals surface area contributed by atoms with Gasteiger partial charge in [0, 0.05) is 17.2 Å². The van der Waals surface area contributed by atoms with Gasteiger partial charge in [0.15, 0.2) is 5.13 Å². The van der Waals surface area contributed by atoms with Crippen LogP contribution in [-0.4, -0.2) is 48.6 Å². The first-order chi connectivity index (χ1) is 21.3. The smallest absolute Gasteiger partial charge is 0.350 e. The van der Waals surface area contributed by atoms with E-state index in [2.05, 4.69) is 4.98 Å². The summed E-state index contributed by atoms with van der Waals surface area (Å²) < 4.78 is 22.0. The number of amides is 1. The van der Waals surface area contributed by atoms with E-state index in [0.29, 0.717) is 40.7 Å². The number of esters is 1. The molecule has 0 spiro atoms. The largest absolute Gasteiger partial charge is 0.507 e. The second-order valence-corrected chi connectivity index (χ2v) is 10.7. The number of Topliss-reactive ketones (excluding diaryl/α,β-unsaturated/α-hetero) is 1. The highest BCUT2D eigenvalue weighted by molar-refractivity contribution is 7.17. The molecule has 1 fully saturated rings. The monoisotopic (exact) mass is 614 g/mol. The van der Waals surface area contributed by atoms with Crippen molar-refractivity contribution in [3.8, 4) is 17.2 Å². The minimum Gasteiger partial charge on any atom is -0.507 e. The molecule has 5 rings (SSSR count). The standard InChI is InChI=1S/C33H30N2O8S/c1-5-42-32(39)30-19(2)34-33(44-30)35-27(24-16-15-23(40-3)17-25(24)41-4)26(29(37)31(35)38)28(36)21-11-13-22(14-12-21)43-18-20-9-7-6-8-10-20/h6-17,27,36H,5,18H2,1-4H3/b28-26+. The normalized spacial score (nSPS) is 15.7. The van der Waals surface area contributed by atoms with Crippen molar-refractivity contribution in [1.82, 2.24) is 4.98 Å². The summed E-state index contributed by atoms with van der Waals surface area (Å²) in [7, 11) is 2.95. The van der Waals surface area contributed by atoms with Gasteiger partial charge in [-0.15, -0.1) is 0 Å². The molecule has 1 N–H and O–H groups in total. The molecule has 226 valence electrons. The van der Waals surface area contributed by atoms with E-state index in [-0.39, 0.29) is 27.9 Å². The molecule has 4 aromatic rings. The Hall–Kier alpha value is -5.16. The van der Waals surface area contributed by atoms with Crippen LogP contribution in [0.2, 0.25) is 0 Å². The van der Waals surface area contributed by atoms with Crippen molar-refractivity contribution in [2.24, 2.45) is 0 Å². The molecule has 44 heavy (non-hydrogen) atoms. The maximum atomic E-state index is 13.7. The highest BCUT2D eigenvalue weighted by atomic mass is 32.1. The SMILES string of the molecule is CCOC(=O)c1sc(N2C(=O)C(=O)/C(=C(/O)c3ccc(OCc4ccccc4)cc3)C2c2ccc(OC)cc2OC)nc1C. The number of carbonyl (C=O) groups excluding carboxylic acids is 3. The number of aliphatic hydroxyl groups excluding tert-OH is 1. The Morgan fingerprint density at radius 2 is 1.68 bits per heavy atom. The van der Waals surface area contributed by atoms with Crippen molar-refractivity contribution < 1.29 is 38.4 Å². The third-order valence-electron chi connectivity index (χ3n) is 7.01. The second kappa shape index (κ2) is 13.0. The molecular weight excluding hydrogens is 584 g/mol. The molecule has 0 bridgehead atoms. The molecule has 3 aromatic carbocycles. The van der Waals surface area contributed by atoms with Crippen molar-refractivity contribution in [3.63, 3.8) is 0 Å². The van der Waals surface area contributed by atoms with Crippen LogP contribution in [0.15, 0.2) is 78.4 Å². The van der Waals surface area contributed by atoms with Gasteiger partial charge >= 0.3 is 11.9 Å². The van der Waals surface area contributed by atoms with E-state index < -0.39 is 23.7 Å². The second-order valence-electron chi connectivity index (χ2n) is 9.71. The fourth-order valence-electron chi connectivity index (χ4n) is 4.85. The summed E-state index contributed by atoms with van der Waals surface area (Å²) in [6.45, 7) is 3.82. The average molecular weight is 615 g/mol. The molecule has 1 amide bonds. The maximum absolute atomic E-state index is 13.7. The van der Waals surface area contributed by atoms with E-state index in [0.717, 1.165) is 16.9 Å². The minimum absolute atomic E-state index is 0.0965. The highest BCUT2D eigenvalue weighted by Crippen LogP contribution is 2.47. The molecule has 1 atom stereocenters. The first kappa shape index (κ1) is 30.3. The predicted octanol–water partition coefficient (Wildman–Crippen LogP) is 5.85. The molecule has 2 heterocycles. The topological polar surface area (TPSA) is 124 Å². The summed E-state index contributed by atoms with van der Waals surface area (Å²) >= 11 is 0.926. The van der Waals surface area contributed by atoms with Crippen molar-refractivity contribution in [3.05, 3.63) is 106 Å². The summed E-state index contributed by atoms with van der Waals surface area (Å²) in [6.07, 6.45) is 0. The van der Waals surface area contributed by atoms with Crippen LogP contribution >= 0.6 is 11.3 Å². The highest BCUT2D eigenvalue weighted by Gasteiger charge is 2.49. The zero-order chi connectivity index (χ0) is 31.4. The molecule has 1 aliphatic rings. The lowest BCUT2D eigenvalue weighted by atomic mass is 9.94. The van der Waals surface area contributed by atoms with E-state index in [1.54, 1.807) is 56.3 Å². The zero-order valence-corrected chi connectivity index (χ0v) is 25.3. The molecule has 0 aliphatic carbocycles. The molecule has 1 aliphatic heterocycles. The Kier molecular flexibility index (Phi) is 8.96. The third-order valence-corrected chi connectivity index (χ3v) is 8.14. The van der Waals surface area contributed by atoms with Crippen LogP contribution in [0.4, 0.5) is 5.13 Å². The first-order valence-corrected chi connectivity index (χ1v) is 14.5. The summed E-state index contributed by atoms with van der Waals surface area (Å²) in [5, 5.41) is 11.7. The number of aliphatic hydroxyl groups is 1. The number of hydrogen-bond donors (Lipinski definition) is 1. The number of carbonyl (C=O) groups is 3. The van der Waals surface area contributed by atoms with Gasteiger partial charge in [0.1, 0.15) is 40.5 Å². The minimum atomic E-state index is -1.13.